The van der Waals surface area contributed by atoms with Gasteiger partial charge in [0.1, 0.15) is 5.82 Å². The Balaban J connectivity index is 2.69. The predicted molar refractivity (Wildman–Crippen MR) is 80.7 cm³/mol. The first-order chi connectivity index (χ1) is 9.73. The highest BCUT2D eigenvalue weighted by Gasteiger charge is 2.09. The van der Waals surface area contributed by atoms with Gasteiger partial charge in [-0.3, -0.25) is 0 Å². The van der Waals surface area contributed by atoms with E-state index < -0.39 is 0 Å². The second-order valence-corrected chi connectivity index (χ2v) is 4.36. The number of hydrogen-bond donors (Lipinski definition) is 4. The second-order valence-electron chi connectivity index (χ2n) is 4.36. The van der Waals surface area contributed by atoms with Crippen LogP contribution in [0, 0.1) is 0 Å². The molecule has 110 valence electrons. The molecule has 0 bridgehead atoms. The zero-order valence-corrected chi connectivity index (χ0v) is 11.5. The van der Waals surface area contributed by atoms with Crippen molar-refractivity contribution in [2.24, 2.45) is 0 Å². The van der Waals surface area contributed by atoms with Gasteiger partial charge in [0.25, 0.3) is 0 Å². The van der Waals surface area contributed by atoms with E-state index in [-0.39, 0.29) is 25.3 Å². The lowest BCUT2D eigenvalue weighted by Crippen LogP contribution is -2.26. The number of aliphatic hydroxyl groups excluding tert-OH is 2. The Morgan fingerprint density at radius 3 is 2.25 bits per heavy atom. The Labute approximate surface area is 119 Å². The van der Waals surface area contributed by atoms with Gasteiger partial charge in [-0.2, -0.15) is 4.98 Å². The summed E-state index contributed by atoms with van der Waals surface area (Å²) in [6, 6.07) is 1.43. The Hall–Kier alpha value is -1.92. The topological polar surface area (TPSA) is 90.3 Å². The van der Waals surface area contributed by atoms with Crippen LogP contribution in [0.1, 0.15) is 12.8 Å². The van der Waals surface area contributed by atoms with Crippen LogP contribution in [0.4, 0.5) is 11.8 Å². The highest BCUT2D eigenvalue weighted by molar-refractivity contribution is 5.41. The maximum absolute atomic E-state index is 9.23. The van der Waals surface area contributed by atoms with Gasteiger partial charge in [0.05, 0.1) is 25.3 Å². The third kappa shape index (κ3) is 5.38. The highest BCUT2D eigenvalue weighted by Crippen LogP contribution is 2.10. The van der Waals surface area contributed by atoms with Crippen molar-refractivity contribution >= 4 is 11.8 Å². The monoisotopic (exact) mass is 278 g/mol. The van der Waals surface area contributed by atoms with Gasteiger partial charge in [-0.1, -0.05) is 12.2 Å². The summed E-state index contributed by atoms with van der Waals surface area (Å²) in [5, 5.41) is 24.6. The summed E-state index contributed by atoms with van der Waals surface area (Å²) in [4.78, 5) is 8.39. The molecule has 20 heavy (non-hydrogen) atoms. The standard InChI is InChI=1S/C14H22N4O2/c1-3-5-11(9-19)16-13-7-8-15-14(18-13)17-12(10-20)6-4-2/h3-4,7-8,11-12,19-20H,1-2,5-6,9-10H2,(H2,15,16,17,18). The van der Waals surface area contributed by atoms with Crippen LogP contribution in [-0.2, 0) is 0 Å². The van der Waals surface area contributed by atoms with E-state index >= 15 is 0 Å². The fraction of sp³-hybridized carbons (Fsp3) is 0.429. The van der Waals surface area contributed by atoms with Gasteiger partial charge in [-0.15, -0.1) is 13.2 Å². The van der Waals surface area contributed by atoms with E-state index in [0.717, 1.165) is 0 Å². The first-order valence-electron chi connectivity index (χ1n) is 6.53. The summed E-state index contributed by atoms with van der Waals surface area (Å²) in [5.74, 6) is 1.03. The number of anilines is 2. The molecule has 0 amide bonds. The molecule has 1 aromatic heterocycles. The smallest absolute Gasteiger partial charge is 0.224 e. The van der Waals surface area contributed by atoms with Crippen molar-refractivity contribution in [1.29, 1.82) is 0 Å². The van der Waals surface area contributed by atoms with E-state index in [4.69, 9.17) is 0 Å². The number of rotatable bonds is 10. The van der Waals surface area contributed by atoms with Crippen LogP contribution in [0.2, 0.25) is 0 Å². The molecule has 2 atom stereocenters. The number of aliphatic hydroxyl groups is 2. The van der Waals surface area contributed by atoms with E-state index in [1.807, 2.05) is 0 Å². The van der Waals surface area contributed by atoms with Gasteiger partial charge in [0, 0.05) is 6.20 Å². The van der Waals surface area contributed by atoms with Gasteiger partial charge in [0.2, 0.25) is 5.95 Å². The predicted octanol–water partition coefficient (Wildman–Crippen LogP) is 1.17. The van der Waals surface area contributed by atoms with Gasteiger partial charge in [0.15, 0.2) is 0 Å². The lowest BCUT2D eigenvalue weighted by Gasteiger charge is -2.17. The average molecular weight is 278 g/mol. The van der Waals surface area contributed by atoms with Crippen LogP contribution >= 0.6 is 0 Å². The van der Waals surface area contributed by atoms with Crippen molar-refractivity contribution in [3.63, 3.8) is 0 Å². The van der Waals surface area contributed by atoms with Crippen molar-refractivity contribution in [3.8, 4) is 0 Å². The molecule has 1 heterocycles. The molecule has 1 rings (SSSR count). The molecule has 0 aromatic carbocycles. The zero-order chi connectivity index (χ0) is 14.8. The molecule has 1 aromatic rings. The number of nitrogens with zero attached hydrogens (tertiary/aromatic N) is 2. The van der Waals surface area contributed by atoms with E-state index in [0.29, 0.717) is 24.6 Å². The van der Waals surface area contributed by atoms with Crippen molar-refractivity contribution in [3.05, 3.63) is 37.6 Å². The van der Waals surface area contributed by atoms with E-state index in [9.17, 15) is 10.2 Å². The summed E-state index contributed by atoms with van der Waals surface area (Å²) in [6.07, 6.45) is 6.33. The van der Waals surface area contributed by atoms with Crippen molar-refractivity contribution in [2.75, 3.05) is 23.8 Å². The molecule has 0 saturated heterocycles. The maximum Gasteiger partial charge on any atom is 0.224 e. The first-order valence-corrected chi connectivity index (χ1v) is 6.53. The van der Waals surface area contributed by atoms with Crippen LogP contribution in [0.3, 0.4) is 0 Å². The molecular formula is C14H22N4O2. The largest absolute Gasteiger partial charge is 0.394 e. The summed E-state index contributed by atoms with van der Waals surface area (Å²) < 4.78 is 0. The lowest BCUT2D eigenvalue weighted by atomic mass is 10.2. The SMILES string of the molecule is C=CCC(CO)Nc1ccnc(NC(CO)CC=C)n1. The molecule has 4 N–H and O–H groups in total. The Morgan fingerprint density at radius 1 is 1.10 bits per heavy atom. The quantitative estimate of drug-likeness (QED) is 0.480. The fourth-order valence-corrected chi connectivity index (χ4v) is 1.66. The average Bonchev–Trinajstić information content (AvgIpc) is 2.46. The molecular weight excluding hydrogens is 256 g/mol. The van der Waals surface area contributed by atoms with E-state index in [1.54, 1.807) is 24.4 Å². The van der Waals surface area contributed by atoms with Crippen molar-refractivity contribution in [2.45, 2.75) is 24.9 Å². The molecule has 0 spiro atoms. The minimum Gasteiger partial charge on any atom is -0.394 e. The van der Waals surface area contributed by atoms with Crippen LogP contribution < -0.4 is 10.6 Å². The minimum atomic E-state index is -0.162. The summed E-state index contributed by atoms with van der Waals surface area (Å²) >= 11 is 0. The van der Waals surface area contributed by atoms with Gasteiger partial charge in [-0.05, 0) is 18.9 Å². The molecule has 0 fully saturated rings. The maximum atomic E-state index is 9.23. The molecule has 6 heteroatoms. The van der Waals surface area contributed by atoms with Gasteiger partial charge in [-0.25, -0.2) is 4.98 Å². The Morgan fingerprint density at radius 2 is 1.70 bits per heavy atom. The third-order valence-electron chi connectivity index (χ3n) is 2.68. The first kappa shape index (κ1) is 16.1. The van der Waals surface area contributed by atoms with Crippen LogP contribution in [-0.4, -0.2) is 45.5 Å². The lowest BCUT2D eigenvalue weighted by molar-refractivity contribution is 0.274. The van der Waals surface area contributed by atoms with Gasteiger partial charge >= 0.3 is 0 Å². The fourth-order valence-electron chi connectivity index (χ4n) is 1.66. The zero-order valence-electron chi connectivity index (χ0n) is 11.5. The van der Waals surface area contributed by atoms with Crippen LogP contribution in [0.15, 0.2) is 37.6 Å². The molecule has 6 nitrogen and oxygen atoms in total. The van der Waals surface area contributed by atoms with Crippen molar-refractivity contribution < 1.29 is 10.2 Å². The highest BCUT2D eigenvalue weighted by atomic mass is 16.3. The molecule has 0 aliphatic carbocycles. The summed E-state index contributed by atoms with van der Waals surface area (Å²) in [6.45, 7) is 7.25. The van der Waals surface area contributed by atoms with Gasteiger partial charge < -0.3 is 20.8 Å². The molecule has 0 radical (unpaired) electrons. The summed E-state index contributed by atoms with van der Waals surface area (Å²) in [7, 11) is 0. The molecule has 0 aliphatic rings. The van der Waals surface area contributed by atoms with Crippen LogP contribution in [0.25, 0.3) is 0 Å². The molecule has 2 unspecified atom stereocenters. The second kappa shape index (κ2) is 9.06. The van der Waals surface area contributed by atoms with E-state index in [2.05, 4.69) is 33.8 Å². The normalized spacial score (nSPS) is 13.3. The Bertz CT molecular complexity index is 390. The van der Waals surface area contributed by atoms with Crippen LogP contribution in [0.5, 0.6) is 0 Å². The molecule has 0 saturated carbocycles. The van der Waals surface area contributed by atoms with E-state index in [1.165, 1.54) is 0 Å². The third-order valence-corrected chi connectivity index (χ3v) is 2.68. The number of hydrogen-bond acceptors (Lipinski definition) is 6. The molecule has 0 aliphatic heterocycles. The minimum absolute atomic E-state index is 0.00544. The number of nitrogens with one attached hydrogen (secondary N) is 2. The summed E-state index contributed by atoms with van der Waals surface area (Å²) in [5.41, 5.74) is 0. The van der Waals surface area contributed by atoms with Crippen molar-refractivity contribution in [1.82, 2.24) is 9.97 Å². The Kier molecular flexibility index (Phi) is 7.31. The number of aromatic nitrogens is 2.